The van der Waals surface area contributed by atoms with Crippen molar-refractivity contribution in [2.75, 3.05) is 0 Å². The summed E-state index contributed by atoms with van der Waals surface area (Å²) in [4.78, 5) is 21.3. The second-order valence-corrected chi connectivity index (χ2v) is 3.32. The van der Waals surface area contributed by atoms with Crippen LogP contribution in [0, 0.1) is 6.04 Å². The molecule has 6 heteroatoms. The number of carbonyl (C=O) groups excluding carboxylic acids is 2. The number of hydrogen-bond acceptors (Lipinski definition) is 2. The summed E-state index contributed by atoms with van der Waals surface area (Å²) in [6, 6.07) is -0.602. The fourth-order valence-electron chi connectivity index (χ4n) is 1.65. The van der Waals surface area contributed by atoms with Gasteiger partial charge in [-0.2, -0.15) is 0 Å². The predicted molar refractivity (Wildman–Crippen MR) is 50.9 cm³/mol. The van der Waals surface area contributed by atoms with Crippen LogP contribution in [0.1, 0.15) is 25.7 Å². The molecule has 6 nitrogen and oxygen atoms in total. The van der Waals surface area contributed by atoms with Crippen molar-refractivity contribution in [2.45, 2.75) is 31.7 Å². The van der Waals surface area contributed by atoms with Crippen molar-refractivity contribution in [2.24, 2.45) is 11.5 Å². The number of rotatable bonds is 2. The Morgan fingerprint density at radius 2 is 1.93 bits per heavy atom. The largest absolute Gasteiger partial charge is 0.352 e. The van der Waals surface area contributed by atoms with E-state index < -0.39 is 12.1 Å². The van der Waals surface area contributed by atoms with Gasteiger partial charge in [0.15, 0.2) is 0 Å². The highest BCUT2D eigenvalue weighted by molar-refractivity contribution is 5.75. The van der Waals surface area contributed by atoms with Crippen LogP contribution >= 0.6 is 0 Å². The predicted octanol–water partition coefficient (Wildman–Crippen LogP) is -0.202. The first-order chi connectivity index (χ1) is 6.59. The molecule has 0 spiro atoms. The van der Waals surface area contributed by atoms with E-state index in [0.29, 0.717) is 0 Å². The second-order valence-electron chi connectivity index (χ2n) is 3.32. The van der Waals surface area contributed by atoms with Crippen LogP contribution in [0.4, 0.5) is 9.59 Å². The SMILES string of the molecule is NC(=O)N[C]1CCCCC1NC(N)=O. The Kier molecular flexibility index (Phi) is 3.55. The lowest BCUT2D eigenvalue weighted by molar-refractivity contribution is 0.235. The molecule has 1 atom stereocenters. The van der Waals surface area contributed by atoms with Crippen LogP contribution in [0.15, 0.2) is 0 Å². The van der Waals surface area contributed by atoms with E-state index in [1.54, 1.807) is 0 Å². The average molecular weight is 199 g/mol. The monoisotopic (exact) mass is 199 g/mol. The van der Waals surface area contributed by atoms with Crippen LogP contribution in [-0.2, 0) is 0 Å². The molecule has 0 aromatic heterocycles. The highest BCUT2D eigenvalue weighted by Gasteiger charge is 2.27. The number of amides is 4. The molecule has 6 N–H and O–H groups in total. The van der Waals surface area contributed by atoms with Gasteiger partial charge in [0.05, 0.1) is 12.1 Å². The molecule has 0 saturated heterocycles. The molecule has 1 saturated carbocycles. The highest BCUT2D eigenvalue weighted by Crippen LogP contribution is 2.23. The minimum atomic E-state index is -0.599. The normalized spacial score (nSPS) is 22.7. The molecular formula is C8H15N4O2. The Morgan fingerprint density at radius 3 is 2.50 bits per heavy atom. The molecule has 1 radical (unpaired) electrons. The Morgan fingerprint density at radius 1 is 1.21 bits per heavy atom. The molecule has 1 rings (SSSR count). The summed E-state index contributed by atoms with van der Waals surface area (Å²) in [6.07, 6.45) is 3.54. The lowest BCUT2D eigenvalue weighted by Gasteiger charge is -2.30. The number of nitrogens with two attached hydrogens (primary N) is 2. The highest BCUT2D eigenvalue weighted by atomic mass is 16.2. The van der Waals surface area contributed by atoms with Crippen LogP contribution in [0.5, 0.6) is 0 Å². The van der Waals surface area contributed by atoms with Gasteiger partial charge >= 0.3 is 12.1 Å². The molecule has 79 valence electrons. The zero-order valence-corrected chi connectivity index (χ0v) is 7.88. The Bertz CT molecular complexity index is 207. The van der Waals surface area contributed by atoms with Gasteiger partial charge in [-0.1, -0.05) is 12.8 Å². The average Bonchev–Trinajstić information content (AvgIpc) is 2.06. The molecule has 1 aliphatic rings. The Hall–Kier alpha value is -1.46. The van der Waals surface area contributed by atoms with Gasteiger partial charge in [-0.3, -0.25) is 0 Å². The molecule has 0 heterocycles. The van der Waals surface area contributed by atoms with Crippen LogP contribution in [0.25, 0.3) is 0 Å². The molecule has 14 heavy (non-hydrogen) atoms. The molecule has 0 aliphatic heterocycles. The van der Waals surface area contributed by atoms with Gasteiger partial charge in [0.2, 0.25) is 0 Å². The first-order valence-corrected chi connectivity index (χ1v) is 4.57. The fraction of sp³-hybridized carbons (Fsp3) is 0.625. The third kappa shape index (κ3) is 3.12. The van der Waals surface area contributed by atoms with Gasteiger partial charge in [-0.15, -0.1) is 0 Å². The van der Waals surface area contributed by atoms with Crippen molar-refractivity contribution in [3.05, 3.63) is 6.04 Å². The van der Waals surface area contributed by atoms with Gasteiger partial charge in [-0.05, 0) is 12.8 Å². The Balaban J connectivity index is 2.49. The van der Waals surface area contributed by atoms with Gasteiger partial charge in [0, 0.05) is 0 Å². The van der Waals surface area contributed by atoms with Crippen LogP contribution in [0.3, 0.4) is 0 Å². The van der Waals surface area contributed by atoms with Crippen molar-refractivity contribution in [1.29, 1.82) is 0 Å². The Labute approximate surface area is 82.4 Å². The van der Waals surface area contributed by atoms with E-state index in [0.717, 1.165) is 31.7 Å². The number of urea groups is 2. The molecular weight excluding hydrogens is 184 g/mol. The van der Waals surface area contributed by atoms with Gasteiger partial charge in [0.1, 0.15) is 0 Å². The molecule has 1 aliphatic carbocycles. The van der Waals surface area contributed by atoms with Gasteiger partial charge in [-0.25, -0.2) is 9.59 Å². The first-order valence-electron chi connectivity index (χ1n) is 4.57. The smallest absolute Gasteiger partial charge is 0.312 e. The lowest BCUT2D eigenvalue weighted by Crippen LogP contribution is -2.50. The summed E-state index contributed by atoms with van der Waals surface area (Å²) >= 11 is 0. The molecule has 1 fully saturated rings. The summed E-state index contributed by atoms with van der Waals surface area (Å²) in [6.45, 7) is 0. The maximum Gasteiger partial charge on any atom is 0.312 e. The van der Waals surface area contributed by atoms with Crippen molar-refractivity contribution in [1.82, 2.24) is 10.6 Å². The summed E-state index contributed by atoms with van der Waals surface area (Å²) in [5.41, 5.74) is 10.0. The summed E-state index contributed by atoms with van der Waals surface area (Å²) in [5, 5.41) is 5.09. The number of hydrogen-bond donors (Lipinski definition) is 4. The first kappa shape index (κ1) is 10.6. The lowest BCUT2D eigenvalue weighted by atomic mass is 9.90. The minimum absolute atomic E-state index is 0.172. The molecule has 1 unspecified atom stereocenters. The van der Waals surface area contributed by atoms with E-state index in [1.165, 1.54) is 0 Å². The van der Waals surface area contributed by atoms with Crippen LogP contribution in [-0.4, -0.2) is 18.1 Å². The maximum atomic E-state index is 10.7. The van der Waals surface area contributed by atoms with E-state index in [1.807, 2.05) is 0 Å². The molecule has 4 amide bonds. The summed E-state index contributed by atoms with van der Waals surface area (Å²) in [7, 11) is 0. The third-order valence-corrected chi connectivity index (χ3v) is 2.21. The van der Waals surface area contributed by atoms with E-state index in [9.17, 15) is 9.59 Å². The van der Waals surface area contributed by atoms with Gasteiger partial charge < -0.3 is 22.1 Å². The zero-order chi connectivity index (χ0) is 10.6. The molecule has 0 aromatic rings. The zero-order valence-electron chi connectivity index (χ0n) is 7.88. The maximum absolute atomic E-state index is 10.7. The standard InChI is InChI=1S/C8H15N4O2/c9-7(13)11-5-3-1-2-4-6(5)12-8(10)14/h5H,1-4H2,(H3,9,11,13)(H3,10,12,14). The minimum Gasteiger partial charge on any atom is -0.352 e. The fourth-order valence-corrected chi connectivity index (χ4v) is 1.65. The van der Waals surface area contributed by atoms with Crippen molar-refractivity contribution in [3.63, 3.8) is 0 Å². The van der Waals surface area contributed by atoms with Crippen molar-refractivity contribution in [3.8, 4) is 0 Å². The number of carbonyl (C=O) groups is 2. The van der Waals surface area contributed by atoms with E-state index >= 15 is 0 Å². The second kappa shape index (κ2) is 4.69. The molecule has 0 bridgehead atoms. The van der Waals surface area contributed by atoms with Crippen molar-refractivity contribution >= 4 is 12.1 Å². The summed E-state index contributed by atoms with van der Waals surface area (Å²) < 4.78 is 0. The van der Waals surface area contributed by atoms with Crippen LogP contribution < -0.4 is 22.1 Å². The molecule has 0 aromatic carbocycles. The number of primary amides is 2. The van der Waals surface area contributed by atoms with Crippen molar-refractivity contribution < 1.29 is 9.59 Å². The topological polar surface area (TPSA) is 110 Å². The third-order valence-electron chi connectivity index (χ3n) is 2.21. The quantitative estimate of drug-likeness (QED) is 0.493. The van der Waals surface area contributed by atoms with Gasteiger partial charge in [0.25, 0.3) is 0 Å². The van der Waals surface area contributed by atoms with E-state index in [2.05, 4.69) is 10.6 Å². The summed E-state index contributed by atoms with van der Waals surface area (Å²) in [5.74, 6) is 0. The van der Waals surface area contributed by atoms with Crippen LogP contribution in [0.2, 0.25) is 0 Å². The van der Waals surface area contributed by atoms with E-state index in [4.69, 9.17) is 11.5 Å². The van der Waals surface area contributed by atoms with E-state index in [-0.39, 0.29) is 6.04 Å². The number of nitrogens with one attached hydrogen (secondary N) is 2.